The maximum atomic E-state index is 11.7. The second-order valence-corrected chi connectivity index (χ2v) is 4.40. The van der Waals surface area contributed by atoms with E-state index in [-0.39, 0.29) is 11.9 Å². The topological polar surface area (TPSA) is 43.4 Å². The van der Waals surface area contributed by atoms with E-state index < -0.39 is 11.4 Å². The molecular formula is C13H14O3. The van der Waals surface area contributed by atoms with Gasteiger partial charge in [0, 0.05) is 6.42 Å². The highest BCUT2D eigenvalue weighted by Crippen LogP contribution is 2.42. The molecule has 1 saturated heterocycles. The van der Waals surface area contributed by atoms with Gasteiger partial charge in [0.25, 0.3) is 0 Å². The SMILES string of the molecule is CC(=O)[C@@]1(C)C[C@@H](c2ccccc2)OC1=O. The zero-order chi connectivity index (χ0) is 11.8. The fourth-order valence-electron chi connectivity index (χ4n) is 1.90. The van der Waals surface area contributed by atoms with E-state index in [2.05, 4.69) is 0 Å². The quantitative estimate of drug-likeness (QED) is 0.565. The van der Waals surface area contributed by atoms with Crippen molar-refractivity contribution in [2.75, 3.05) is 0 Å². The summed E-state index contributed by atoms with van der Waals surface area (Å²) in [5.41, 5.74) is -0.0265. The van der Waals surface area contributed by atoms with Crippen LogP contribution in [0.3, 0.4) is 0 Å². The largest absolute Gasteiger partial charge is 0.457 e. The number of cyclic esters (lactones) is 1. The predicted octanol–water partition coefficient (Wildman–Crippen LogP) is 2.27. The third-order valence-electron chi connectivity index (χ3n) is 3.24. The van der Waals surface area contributed by atoms with E-state index in [9.17, 15) is 9.59 Å². The van der Waals surface area contributed by atoms with Gasteiger partial charge >= 0.3 is 5.97 Å². The van der Waals surface area contributed by atoms with E-state index in [0.717, 1.165) is 5.56 Å². The van der Waals surface area contributed by atoms with Gasteiger partial charge in [-0.05, 0) is 19.4 Å². The van der Waals surface area contributed by atoms with Crippen molar-refractivity contribution >= 4 is 11.8 Å². The molecule has 1 aliphatic heterocycles. The van der Waals surface area contributed by atoms with Crippen LogP contribution in [0, 0.1) is 5.41 Å². The fourth-order valence-corrected chi connectivity index (χ4v) is 1.90. The summed E-state index contributed by atoms with van der Waals surface area (Å²) in [5, 5.41) is 0. The molecule has 16 heavy (non-hydrogen) atoms. The van der Waals surface area contributed by atoms with Gasteiger partial charge < -0.3 is 4.74 Å². The summed E-state index contributed by atoms with van der Waals surface area (Å²) in [6, 6.07) is 9.51. The van der Waals surface area contributed by atoms with Gasteiger partial charge in [0.2, 0.25) is 0 Å². The highest BCUT2D eigenvalue weighted by atomic mass is 16.6. The Morgan fingerprint density at radius 2 is 2.00 bits per heavy atom. The number of benzene rings is 1. The van der Waals surface area contributed by atoms with Crippen LogP contribution in [0.15, 0.2) is 30.3 Å². The highest BCUT2D eigenvalue weighted by Gasteiger charge is 2.49. The molecule has 0 radical (unpaired) electrons. The molecule has 0 spiro atoms. The van der Waals surface area contributed by atoms with Crippen LogP contribution in [0.1, 0.15) is 31.9 Å². The lowest BCUT2D eigenvalue weighted by molar-refractivity contribution is -0.151. The molecule has 0 bridgehead atoms. The Kier molecular flexibility index (Phi) is 2.54. The minimum atomic E-state index is -0.972. The molecule has 0 aliphatic carbocycles. The standard InChI is InChI=1S/C13H14O3/c1-9(14)13(2)8-11(16-12(13)15)10-6-4-3-5-7-10/h3-7,11H,8H2,1-2H3/t11-,13+/m0/s1. The van der Waals surface area contributed by atoms with Crippen LogP contribution in [0.25, 0.3) is 0 Å². The molecule has 2 rings (SSSR count). The Balaban J connectivity index is 2.26. The molecule has 1 heterocycles. The third kappa shape index (κ3) is 1.62. The van der Waals surface area contributed by atoms with Crippen LogP contribution in [-0.4, -0.2) is 11.8 Å². The van der Waals surface area contributed by atoms with Gasteiger partial charge in [-0.25, -0.2) is 0 Å². The molecule has 0 N–H and O–H groups in total. The van der Waals surface area contributed by atoms with Crippen LogP contribution < -0.4 is 0 Å². The average molecular weight is 218 g/mol. The lowest BCUT2D eigenvalue weighted by Gasteiger charge is -2.13. The first kappa shape index (κ1) is 10.9. The minimum Gasteiger partial charge on any atom is -0.457 e. The van der Waals surface area contributed by atoms with Crippen molar-refractivity contribution in [2.45, 2.75) is 26.4 Å². The summed E-state index contributed by atoms with van der Waals surface area (Å²) in [6.45, 7) is 3.09. The molecule has 1 fully saturated rings. The monoisotopic (exact) mass is 218 g/mol. The van der Waals surface area contributed by atoms with Crippen molar-refractivity contribution < 1.29 is 14.3 Å². The van der Waals surface area contributed by atoms with E-state index in [0.29, 0.717) is 6.42 Å². The molecule has 2 atom stereocenters. The van der Waals surface area contributed by atoms with Crippen LogP contribution >= 0.6 is 0 Å². The Morgan fingerprint density at radius 1 is 1.38 bits per heavy atom. The first-order valence-corrected chi connectivity index (χ1v) is 5.31. The zero-order valence-corrected chi connectivity index (χ0v) is 9.40. The number of esters is 1. The molecule has 3 heteroatoms. The van der Waals surface area contributed by atoms with Gasteiger partial charge in [0.05, 0.1) is 0 Å². The summed E-state index contributed by atoms with van der Waals surface area (Å²) >= 11 is 0. The lowest BCUT2D eigenvalue weighted by atomic mass is 9.82. The lowest BCUT2D eigenvalue weighted by Crippen LogP contribution is -2.30. The molecule has 0 aromatic heterocycles. The maximum absolute atomic E-state index is 11.7. The normalized spacial score (nSPS) is 28.9. The van der Waals surface area contributed by atoms with Crippen LogP contribution in [0.4, 0.5) is 0 Å². The second-order valence-electron chi connectivity index (χ2n) is 4.40. The highest BCUT2D eigenvalue weighted by molar-refractivity contribution is 6.03. The average Bonchev–Trinajstić information content (AvgIpc) is 2.58. The smallest absolute Gasteiger partial charge is 0.320 e. The maximum Gasteiger partial charge on any atom is 0.320 e. The first-order valence-electron chi connectivity index (χ1n) is 5.31. The number of ketones is 1. The van der Waals surface area contributed by atoms with Crippen molar-refractivity contribution in [1.29, 1.82) is 0 Å². The van der Waals surface area contributed by atoms with E-state index in [1.54, 1.807) is 6.92 Å². The molecule has 84 valence electrons. The molecule has 1 aromatic carbocycles. The third-order valence-corrected chi connectivity index (χ3v) is 3.24. The zero-order valence-electron chi connectivity index (χ0n) is 9.40. The van der Waals surface area contributed by atoms with Gasteiger partial charge in [-0.1, -0.05) is 30.3 Å². The fraction of sp³-hybridized carbons (Fsp3) is 0.385. The summed E-state index contributed by atoms with van der Waals surface area (Å²) in [4.78, 5) is 23.1. The van der Waals surface area contributed by atoms with E-state index >= 15 is 0 Å². The number of hydrogen-bond acceptors (Lipinski definition) is 3. The minimum absolute atomic E-state index is 0.129. The summed E-state index contributed by atoms with van der Waals surface area (Å²) < 4.78 is 5.26. The van der Waals surface area contributed by atoms with Crippen LogP contribution in [0.5, 0.6) is 0 Å². The molecular weight excluding hydrogens is 204 g/mol. The van der Waals surface area contributed by atoms with Gasteiger partial charge in [-0.15, -0.1) is 0 Å². The van der Waals surface area contributed by atoms with Crippen molar-refractivity contribution in [1.82, 2.24) is 0 Å². The predicted molar refractivity (Wildman–Crippen MR) is 58.7 cm³/mol. The molecule has 0 unspecified atom stereocenters. The Bertz CT molecular complexity index is 424. The summed E-state index contributed by atoms with van der Waals surface area (Å²) in [6.07, 6.45) is 0.146. The van der Waals surface area contributed by atoms with Gasteiger partial charge in [-0.2, -0.15) is 0 Å². The molecule has 1 aliphatic rings. The van der Waals surface area contributed by atoms with Crippen molar-refractivity contribution in [3.05, 3.63) is 35.9 Å². The second kappa shape index (κ2) is 3.74. The van der Waals surface area contributed by atoms with Crippen molar-refractivity contribution in [3.63, 3.8) is 0 Å². The van der Waals surface area contributed by atoms with Crippen molar-refractivity contribution in [2.24, 2.45) is 5.41 Å². The van der Waals surface area contributed by atoms with Crippen LogP contribution in [-0.2, 0) is 14.3 Å². The molecule has 1 aromatic rings. The van der Waals surface area contributed by atoms with Gasteiger partial charge in [-0.3, -0.25) is 9.59 Å². The van der Waals surface area contributed by atoms with E-state index in [1.807, 2.05) is 30.3 Å². The van der Waals surface area contributed by atoms with E-state index in [1.165, 1.54) is 6.92 Å². The van der Waals surface area contributed by atoms with Crippen molar-refractivity contribution in [3.8, 4) is 0 Å². The van der Waals surface area contributed by atoms with E-state index in [4.69, 9.17) is 4.74 Å². The number of carbonyl (C=O) groups excluding carboxylic acids is 2. The van der Waals surface area contributed by atoms with Gasteiger partial charge in [0.15, 0.2) is 0 Å². The number of ether oxygens (including phenoxy) is 1. The molecule has 0 saturated carbocycles. The summed E-state index contributed by atoms with van der Waals surface area (Å²) in [5.74, 6) is -0.537. The summed E-state index contributed by atoms with van der Waals surface area (Å²) in [7, 11) is 0. The number of hydrogen-bond donors (Lipinski definition) is 0. The van der Waals surface area contributed by atoms with Gasteiger partial charge in [0.1, 0.15) is 17.3 Å². The first-order chi connectivity index (χ1) is 7.54. The Morgan fingerprint density at radius 3 is 2.50 bits per heavy atom. The molecule has 0 amide bonds. The number of Topliss-reactive ketones (excluding diaryl/α,β-unsaturated/α-hetero) is 1. The Labute approximate surface area is 94.4 Å². The number of rotatable bonds is 2. The molecule has 3 nitrogen and oxygen atoms in total. The number of carbonyl (C=O) groups is 2. The van der Waals surface area contributed by atoms with Crippen LogP contribution in [0.2, 0.25) is 0 Å². The Hall–Kier alpha value is -1.64.